The zero-order chi connectivity index (χ0) is 31.8. The Bertz CT molecular complexity index is 2130. The van der Waals surface area contributed by atoms with Crippen molar-refractivity contribution in [1.82, 2.24) is 34.7 Å². The molecule has 13 heteroatoms. The highest BCUT2D eigenvalue weighted by molar-refractivity contribution is 6.02. The lowest BCUT2D eigenvalue weighted by atomic mass is 9.95. The maximum absolute atomic E-state index is 13.8. The van der Waals surface area contributed by atoms with Crippen molar-refractivity contribution in [2.75, 3.05) is 27.3 Å². The van der Waals surface area contributed by atoms with Gasteiger partial charge >= 0.3 is 0 Å². The van der Waals surface area contributed by atoms with E-state index in [9.17, 15) is 9.59 Å². The highest BCUT2D eigenvalue weighted by Crippen LogP contribution is 2.40. The van der Waals surface area contributed by atoms with Gasteiger partial charge in [0.25, 0.3) is 5.91 Å². The number of amides is 1. The zero-order valence-corrected chi connectivity index (χ0v) is 25.2. The first kappa shape index (κ1) is 28.9. The molecule has 1 amide bonds. The summed E-state index contributed by atoms with van der Waals surface area (Å²) in [5.74, 6) is -0.321. The van der Waals surface area contributed by atoms with Gasteiger partial charge in [0.1, 0.15) is 5.58 Å². The zero-order valence-electron chi connectivity index (χ0n) is 25.2. The number of fused-ring (bicyclic) bond motifs is 2. The lowest BCUT2D eigenvalue weighted by Crippen LogP contribution is -2.34. The van der Waals surface area contributed by atoms with E-state index in [4.69, 9.17) is 19.6 Å². The van der Waals surface area contributed by atoms with Crippen molar-refractivity contribution >= 4 is 16.9 Å². The summed E-state index contributed by atoms with van der Waals surface area (Å²) in [6.45, 7) is 3.78. The number of carbonyl (C=O) groups is 1. The molecule has 3 aromatic heterocycles. The van der Waals surface area contributed by atoms with E-state index in [1.807, 2.05) is 36.8 Å². The van der Waals surface area contributed by atoms with E-state index in [0.29, 0.717) is 22.7 Å². The number of tetrazole rings is 1. The number of hydrogen-bond donors (Lipinski definition) is 1. The molecular weight excluding hydrogens is 588 g/mol. The Kier molecular flexibility index (Phi) is 7.50. The number of nitrogens with zero attached hydrogens (tertiary/aromatic N) is 7. The van der Waals surface area contributed by atoms with E-state index >= 15 is 0 Å². The Labute approximate surface area is 262 Å². The van der Waals surface area contributed by atoms with Gasteiger partial charge in [-0.3, -0.25) is 14.5 Å². The molecule has 0 aliphatic carbocycles. The first-order valence-corrected chi connectivity index (χ1v) is 14.7. The molecule has 0 fully saturated rings. The summed E-state index contributed by atoms with van der Waals surface area (Å²) in [7, 11) is 2.96. The molecule has 0 unspecified atom stereocenters. The molecule has 0 bridgehead atoms. The number of benzene rings is 3. The maximum Gasteiger partial charge on any atom is 0.285 e. The predicted molar refractivity (Wildman–Crippen MR) is 169 cm³/mol. The number of hydrogen-bond acceptors (Lipinski definition) is 10. The van der Waals surface area contributed by atoms with Crippen molar-refractivity contribution in [3.05, 3.63) is 100 Å². The molecule has 1 aliphatic rings. The number of primary amides is 1. The summed E-state index contributed by atoms with van der Waals surface area (Å²) in [6, 6.07) is 17.8. The number of nitrogens with two attached hydrogens (primary N) is 1. The SMILES string of the molecule is COc1cc(-c2nnn(-c3ccc(CCN4CCn5cncc5C4)cc3)n2)c(-c2c(C(N)=O)oc3ccccc3c2=O)cc1OC. The van der Waals surface area contributed by atoms with E-state index in [-0.39, 0.29) is 33.7 Å². The molecule has 2 N–H and O–H groups in total. The number of rotatable bonds is 9. The standard InChI is InChI=1S/C33H30N8O5/c1-44-27-15-24(29-30(42)23-5-3-4-6-26(23)46-31(29)32(34)43)25(16-28(27)45-2)33-36-38-41(37-33)21-9-7-20(8-10-21)11-12-39-13-14-40-19-35-17-22(40)18-39/h3-10,15-17,19H,11-14,18H2,1-2H3,(H2,34,43). The van der Waals surface area contributed by atoms with Crippen LogP contribution in [0.5, 0.6) is 11.5 Å². The predicted octanol–water partition coefficient (Wildman–Crippen LogP) is 3.47. The molecule has 232 valence electrons. The molecule has 0 atom stereocenters. The monoisotopic (exact) mass is 618 g/mol. The van der Waals surface area contributed by atoms with Crippen molar-refractivity contribution in [2.45, 2.75) is 19.5 Å². The Morgan fingerprint density at radius 2 is 1.76 bits per heavy atom. The molecule has 46 heavy (non-hydrogen) atoms. The quantitative estimate of drug-likeness (QED) is 0.255. The molecule has 0 saturated carbocycles. The Hall–Kier alpha value is -5.82. The van der Waals surface area contributed by atoms with Crippen LogP contribution in [0, 0.1) is 0 Å². The summed E-state index contributed by atoms with van der Waals surface area (Å²) in [6.07, 6.45) is 4.72. The fraction of sp³-hybridized carbons (Fsp3) is 0.212. The Morgan fingerprint density at radius 1 is 1.00 bits per heavy atom. The molecular formula is C33H30N8O5. The molecule has 0 radical (unpaired) electrons. The van der Waals surface area contributed by atoms with Crippen molar-refractivity contribution < 1.29 is 18.7 Å². The molecule has 13 nitrogen and oxygen atoms in total. The van der Waals surface area contributed by atoms with Crippen LogP contribution in [-0.4, -0.2) is 67.9 Å². The van der Waals surface area contributed by atoms with Gasteiger partial charge in [-0.15, -0.1) is 15.0 Å². The van der Waals surface area contributed by atoms with Crippen LogP contribution in [-0.2, 0) is 19.5 Å². The minimum absolute atomic E-state index is 0.0407. The third-order valence-electron chi connectivity index (χ3n) is 8.19. The van der Waals surface area contributed by atoms with Gasteiger partial charge in [0.15, 0.2) is 11.5 Å². The summed E-state index contributed by atoms with van der Waals surface area (Å²) in [4.78, 5) is 34.5. The third kappa shape index (κ3) is 5.26. The van der Waals surface area contributed by atoms with Crippen LogP contribution in [0.3, 0.4) is 0 Å². The van der Waals surface area contributed by atoms with Crippen LogP contribution in [0.1, 0.15) is 21.8 Å². The lowest BCUT2D eigenvalue weighted by molar-refractivity contribution is 0.0975. The van der Waals surface area contributed by atoms with E-state index in [2.05, 4.69) is 29.9 Å². The molecule has 4 heterocycles. The smallest absolute Gasteiger partial charge is 0.285 e. The van der Waals surface area contributed by atoms with Crippen molar-refractivity contribution in [3.63, 3.8) is 0 Å². The summed E-state index contributed by atoms with van der Waals surface area (Å²) in [5, 5.41) is 13.5. The minimum Gasteiger partial charge on any atom is -0.493 e. The van der Waals surface area contributed by atoms with Gasteiger partial charge in [0, 0.05) is 43.5 Å². The number of ether oxygens (including phenoxy) is 2. The fourth-order valence-corrected chi connectivity index (χ4v) is 5.77. The molecule has 6 aromatic rings. The van der Waals surface area contributed by atoms with Gasteiger partial charge in [0.05, 0.1) is 42.9 Å². The Morgan fingerprint density at radius 3 is 2.52 bits per heavy atom. The van der Waals surface area contributed by atoms with E-state index in [0.717, 1.165) is 32.6 Å². The largest absolute Gasteiger partial charge is 0.493 e. The third-order valence-corrected chi connectivity index (χ3v) is 8.19. The van der Waals surface area contributed by atoms with E-state index < -0.39 is 11.3 Å². The molecule has 0 spiro atoms. The first-order chi connectivity index (χ1) is 22.4. The summed E-state index contributed by atoms with van der Waals surface area (Å²) >= 11 is 0. The maximum atomic E-state index is 13.8. The Balaban J connectivity index is 1.22. The van der Waals surface area contributed by atoms with Gasteiger partial charge in [-0.2, -0.15) is 0 Å². The van der Waals surface area contributed by atoms with Crippen molar-refractivity contribution in [2.24, 2.45) is 5.73 Å². The highest BCUT2D eigenvalue weighted by atomic mass is 16.5. The number of methoxy groups -OCH3 is 2. The highest BCUT2D eigenvalue weighted by Gasteiger charge is 2.26. The van der Waals surface area contributed by atoms with Crippen LogP contribution in [0.4, 0.5) is 0 Å². The van der Waals surface area contributed by atoms with Crippen molar-refractivity contribution in [3.8, 4) is 39.7 Å². The van der Waals surface area contributed by atoms with Gasteiger partial charge in [-0.05, 0) is 53.6 Å². The number of para-hydroxylation sites is 1. The van der Waals surface area contributed by atoms with E-state index in [1.165, 1.54) is 30.3 Å². The van der Waals surface area contributed by atoms with E-state index in [1.54, 1.807) is 36.4 Å². The lowest BCUT2D eigenvalue weighted by Gasteiger charge is -2.27. The first-order valence-electron chi connectivity index (χ1n) is 14.7. The normalized spacial score (nSPS) is 13.1. The molecule has 7 rings (SSSR count). The number of imidazole rings is 1. The topological polar surface area (TPSA) is 156 Å². The average molecular weight is 619 g/mol. The van der Waals surface area contributed by atoms with Gasteiger partial charge < -0.3 is 24.2 Å². The van der Waals surface area contributed by atoms with Gasteiger partial charge in [0.2, 0.25) is 17.0 Å². The molecule has 0 saturated heterocycles. The molecule has 1 aliphatic heterocycles. The van der Waals surface area contributed by atoms with Gasteiger partial charge in [-0.1, -0.05) is 24.3 Å². The summed E-state index contributed by atoms with van der Waals surface area (Å²) in [5.41, 5.74) is 9.25. The van der Waals surface area contributed by atoms with Crippen molar-refractivity contribution in [1.29, 1.82) is 0 Å². The minimum atomic E-state index is -0.901. The number of aromatic nitrogens is 6. The second-order valence-electron chi connectivity index (χ2n) is 10.9. The second kappa shape index (κ2) is 11.9. The summed E-state index contributed by atoms with van der Waals surface area (Å²) < 4.78 is 19.1. The van der Waals surface area contributed by atoms with Crippen LogP contribution in [0.25, 0.3) is 39.2 Å². The number of carbonyl (C=O) groups excluding carboxylic acids is 1. The van der Waals surface area contributed by atoms with Gasteiger partial charge in [-0.25, -0.2) is 4.98 Å². The van der Waals surface area contributed by atoms with Crippen LogP contribution < -0.4 is 20.6 Å². The fourth-order valence-electron chi connectivity index (χ4n) is 5.77. The average Bonchev–Trinajstić information content (AvgIpc) is 3.77. The van der Waals surface area contributed by atoms with Crippen LogP contribution >= 0.6 is 0 Å². The van der Waals surface area contributed by atoms with Crippen LogP contribution in [0.15, 0.2) is 82.4 Å². The molecule has 3 aromatic carbocycles. The van der Waals surface area contributed by atoms with Crippen LogP contribution in [0.2, 0.25) is 0 Å². The second-order valence-corrected chi connectivity index (χ2v) is 10.9.